The van der Waals surface area contributed by atoms with Gasteiger partial charge in [0.1, 0.15) is 6.83 Å². The molecule has 0 fully saturated rings. The number of hydrogen-bond acceptors (Lipinski definition) is 1. The van der Waals surface area contributed by atoms with Gasteiger partial charge < -0.3 is 4.57 Å². The van der Waals surface area contributed by atoms with Crippen LogP contribution in [0.15, 0.2) is 0 Å². The molecule has 0 radical (unpaired) electrons. The van der Waals surface area contributed by atoms with Gasteiger partial charge in [-0.3, -0.25) is 0 Å². The summed E-state index contributed by atoms with van der Waals surface area (Å²) in [4.78, 5) is 0. The summed E-state index contributed by atoms with van der Waals surface area (Å²) in [6.45, 7) is 6.98. The topological polar surface area (TPSA) is 17.1 Å². The molecule has 0 spiro atoms. The van der Waals surface area contributed by atoms with Gasteiger partial charge in [-0.1, -0.05) is 88.0 Å². The monoisotopic (exact) mass is 306 g/mol. The van der Waals surface area contributed by atoms with Crippen LogP contribution >= 0.6 is 15.8 Å². The second-order valence-electron chi connectivity index (χ2n) is 6.15. The molecule has 0 aliphatic heterocycles. The fourth-order valence-electron chi connectivity index (χ4n) is 2.78. The van der Waals surface area contributed by atoms with Crippen LogP contribution in [0.2, 0.25) is 0 Å². The van der Waals surface area contributed by atoms with Crippen LogP contribution in [0.5, 0.6) is 0 Å². The van der Waals surface area contributed by atoms with Gasteiger partial charge in [0.2, 0.25) is 0 Å². The Balaban J connectivity index is 4.29. The lowest BCUT2D eigenvalue weighted by Gasteiger charge is -2.24. The first-order valence-corrected chi connectivity index (χ1v) is 12.0. The summed E-state index contributed by atoms with van der Waals surface area (Å²) >= 11 is 0. The molecule has 0 aliphatic carbocycles. The molecule has 0 N–H and O–H groups in total. The second kappa shape index (κ2) is 11.3. The molecule has 0 bridgehead atoms. The fraction of sp³-hybridized carbons (Fsp3) is 1.00. The van der Waals surface area contributed by atoms with Gasteiger partial charge in [0.25, 0.3) is 0 Å². The highest BCUT2D eigenvalue weighted by atomic mass is 32.0. The summed E-state index contributed by atoms with van der Waals surface area (Å²) in [5.74, 6) is 1.35. The highest BCUT2D eigenvalue weighted by molar-refractivity contribution is 8.17. The van der Waals surface area contributed by atoms with Crippen molar-refractivity contribution in [3.8, 4) is 0 Å². The minimum Gasteiger partial charge on any atom is -0.319 e. The van der Waals surface area contributed by atoms with Crippen LogP contribution in [-0.2, 0) is 4.57 Å². The van der Waals surface area contributed by atoms with Crippen molar-refractivity contribution in [3.05, 3.63) is 0 Å². The molecular weight excluding hydrogens is 270 g/mol. The van der Waals surface area contributed by atoms with Gasteiger partial charge in [-0.05, 0) is 11.8 Å². The molecule has 0 saturated carbocycles. The Labute approximate surface area is 124 Å². The van der Waals surface area contributed by atoms with Crippen molar-refractivity contribution in [1.29, 1.82) is 0 Å². The van der Waals surface area contributed by atoms with Gasteiger partial charge in [-0.25, -0.2) is 0 Å². The highest BCUT2D eigenvalue weighted by Crippen LogP contribution is 2.58. The van der Waals surface area contributed by atoms with E-state index in [9.17, 15) is 4.57 Å². The van der Waals surface area contributed by atoms with Crippen molar-refractivity contribution < 1.29 is 4.57 Å². The van der Waals surface area contributed by atoms with Gasteiger partial charge in [-0.15, -0.1) is 0 Å². The normalized spacial score (nSPS) is 17.9. The number of unbranched alkanes of at least 4 members (excludes halogenated alkanes) is 2. The van der Waals surface area contributed by atoms with Crippen molar-refractivity contribution in [2.24, 2.45) is 11.8 Å². The van der Waals surface area contributed by atoms with Crippen LogP contribution in [0.1, 0.15) is 79.1 Å². The van der Waals surface area contributed by atoms with Gasteiger partial charge in [0.05, 0.1) is 0 Å². The molecule has 0 aromatic heterocycles. The van der Waals surface area contributed by atoms with E-state index >= 15 is 0 Å². The molecule has 3 unspecified atom stereocenters. The molecule has 19 heavy (non-hydrogen) atoms. The van der Waals surface area contributed by atoms with Crippen LogP contribution in [-0.4, -0.2) is 12.3 Å². The molecule has 3 atom stereocenters. The SMILES string of the molecule is CCCCC(CC)CP(=O)(P)CC(CC)CCCC. The molecule has 0 heterocycles. The highest BCUT2D eigenvalue weighted by Gasteiger charge is 2.24. The summed E-state index contributed by atoms with van der Waals surface area (Å²) in [5.41, 5.74) is 0. The fourth-order valence-corrected chi connectivity index (χ4v) is 7.35. The second-order valence-corrected chi connectivity index (χ2v) is 11.6. The Hall–Kier alpha value is 0.660. The molecule has 0 rings (SSSR count). The predicted octanol–water partition coefficient (Wildman–Crippen LogP) is 6.57. The van der Waals surface area contributed by atoms with Crippen molar-refractivity contribution in [1.82, 2.24) is 0 Å². The molecule has 0 aromatic rings. The molecule has 0 saturated heterocycles. The Morgan fingerprint density at radius 3 is 1.47 bits per heavy atom. The van der Waals surface area contributed by atoms with Gasteiger partial charge in [0.15, 0.2) is 0 Å². The molecule has 116 valence electrons. The minimum absolute atomic E-state index is 0.673. The van der Waals surface area contributed by atoms with Gasteiger partial charge in [-0.2, -0.15) is 0 Å². The van der Waals surface area contributed by atoms with Crippen molar-refractivity contribution in [2.75, 3.05) is 12.3 Å². The van der Waals surface area contributed by atoms with E-state index in [1.54, 1.807) is 0 Å². The molecule has 1 nitrogen and oxygen atoms in total. The van der Waals surface area contributed by atoms with E-state index in [2.05, 4.69) is 36.6 Å². The van der Waals surface area contributed by atoms with Crippen molar-refractivity contribution in [3.63, 3.8) is 0 Å². The van der Waals surface area contributed by atoms with E-state index in [1.165, 1.54) is 51.4 Å². The lowest BCUT2D eigenvalue weighted by atomic mass is 10.0. The Morgan fingerprint density at radius 1 is 0.842 bits per heavy atom. The van der Waals surface area contributed by atoms with E-state index in [4.69, 9.17) is 0 Å². The lowest BCUT2D eigenvalue weighted by Crippen LogP contribution is -2.10. The molecule has 3 heteroatoms. The summed E-state index contributed by atoms with van der Waals surface area (Å²) in [6.07, 6.45) is 11.9. The zero-order valence-corrected chi connectivity index (χ0v) is 15.7. The standard InChI is InChI=1S/C16H36OP2/c1-5-9-11-15(7-3)13-19(17,18)14-16(8-4)12-10-6-2/h15-16H,5-14,18H2,1-4H3. The van der Waals surface area contributed by atoms with E-state index in [0.717, 1.165) is 12.3 Å². The largest absolute Gasteiger partial charge is 0.319 e. The summed E-state index contributed by atoms with van der Waals surface area (Å²) in [7, 11) is 2.75. The van der Waals surface area contributed by atoms with Crippen LogP contribution in [0.4, 0.5) is 0 Å². The maximum atomic E-state index is 12.8. The first-order chi connectivity index (χ1) is 8.99. The summed E-state index contributed by atoms with van der Waals surface area (Å²) < 4.78 is 12.8. The Bertz CT molecular complexity index is 231. The van der Waals surface area contributed by atoms with E-state index in [1.807, 2.05) is 0 Å². The summed E-state index contributed by atoms with van der Waals surface area (Å²) in [6, 6.07) is 0. The molecule has 0 aromatic carbocycles. The van der Waals surface area contributed by atoms with E-state index in [-0.39, 0.29) is 0 Å². The molecule has 0 aliphatic rings. The van der Waals surface area contributed by atoms with E-state index < -0.39 is 6.83 Å². The zero-order chi connectivity index (χ0) is 14.7. The third kappa shape index (κ3) is 10.1. The van der Waals surface area contributed by atoms with E-state index in [0.29, 0.717) is 11.8 Å². The van der Waals surface area contributed by atoms with Gasteiger partial charge >= 0.3 is 0 Å². The first kappa shape index (κ1) is 19.7. The third-order valence-electron chi connectivity index (χ3n) is 4.22. The maximum absolute atomic E-state index is 12.8. The first-order valence-electron chi connectivity index (χ1n) is 8.35. The maximum Gasteiger partial charge on any atom is 0.102 e. The van der Waals surface area contributed by atoms with Crippen LogP contribution < -0.4 is 0 Å². The van der Waals surface area contributed by atoms with Crippen molar-refractivity contribution >= 4 is 15.8 Å². The third-order valence-corrected chi connectivity index (χ3v) is 7.75. The van der Waals surface area contributed by atoms with Crippen LogP contribution in [0, 0.1) is 11.8 Å². The quantitative estimate of drug-likeness (QED) is 0.372. The predicted molar refractivity (Wildman–Crippen MR) is 93.7 cm³/mol. The minimum atomic E-state index is -2.00. The summed E-state index contributed by atoms with van der Waals surface area (Å²) in [5, 5.41) is 0. The average Bonchev–Trinajstić information content (AvgIpc) is 2.39. The number of hydrogen-bond donors (Lipinski definition) is 0. The van der Waals surface area contributed by atoms with Crippen molar-refractivity contribution in [2.45, 2.75) is 79.1 Å². The molecular formula is C16H36OP2. The van der Waals surface area contributed by atoms with Crippen LogP contribution in [0.3, 0.4) is 0 Å². The van der Waals surface area contributed by atoms with Gasteiger partial charge in [0, 0.05) is 12.3 Å². The number of rotatable bonds is 12. The average molecular weight is 306 g/mol. The molecule has 0 amide bonds. The lowest BCUT2D eigenvalue weighted by molar-refractivity contribution is 0.468. The smallest absolute Gasteiger partial charge is 0.102 e. The Morgan fingerprint density at radius 2 is 1.21 bits per heavy atom. The van der Waals surface area contributed by atoms with Crippen LogP contribution in [0.25, 0.3) is 0 Å². The zero-order valence-electron chi connectivity index (χ0n) is 13.7. The Kier molecular flexibility index (Phi) is 11.7.